The number of rotatable bonds is 8. The molecule has 3 aromatic rings. The van der Waals surface area contributed by atoms with E-state index in [1.807, 2.05) is 37.8 Å². The SMILES string of the molecule is CC/C=C(\C=NC)c1c#cc(-c2cccc(-c3cnn(C)c3)c2)nc1NCC1(O)CCNCC1(C)C. The van der Waals surface area contributed by atoms with Gasteiger partial charge in [-0.25, -0.2) is 4.98 Å². The summed E-state index contributed by atoms with van der Waals surface area (Å²) in [5.41, 5.74) is 4.30. The van der Waals surface area contributed by atoms with Gasteiger partial charge in [-0.2, -0.15) is 5.10 Å². The molecule has 1 atom stereocenters. The minimum Gasteiger partial charge on any atom is -0.387 e. The topological polar surface area (TPSA) is 87.4 Å². The smallest absolute Gasteiger partial charge is 0.144 e. The Labute approximate surface area is 214 Å². The van der Waals surface area contributed by atoms with Crippen molar-refractivity contribution in [1.82, 2.24) is 20.1 Å². The molecule has 2 aromatic heterocycles. The van der Waals surface area contributed by atoms with Gasteiger partial charge in [-0.15, -0.1) is 0 Å². The minimum absolute atomic E-state index is 0.281. The number of allylic oxidation sites excluding steroid dienone is 2. The molecule has 1 unspecified atom stereocenters. The Hall–Kier alpha value is -3.47. The minimum atomic E-state index is -0.870. The van der Waals surface area contributed by atoms with Crippen molar-refractivity contribution in [2.75, 3.05) is 32.0 Å². The monoisotopic (exact) mass is 484 g/mol. The van der Waals surface area contributed by atoms with Gasteiger partial charge in [0.1, 0.15) is 11.5 Å². The van der Waals surface area contributed by atoms with E-state index in [4.69, 9.17) is 4.98 Å². The molecule has 0 spiro atoms. The van der Waals surface area contributed by atoms with E-state index in [0.717, 1.165) is 47.3 Å². The highest BCUT2D eigenvalue weighted by atomic mass is 16.3. The van der Waals surface area contributed by atoms with Gasteiger partial charge in [0.25, 0.3) is 0 Å². The molecule has 1 fully saturated rings. The number of piperidine rings is 1. The lowest BCUT2D eigenvalue weighted by atomic mass is 9.70. The molecule has 1 aromatic carbocycles. The maximum atomic E-state index is 11.6. The first kappa shape index (κ1) is 25.6. The average molecular weight is 485 g/mol. The molecule has 1 saturated heterocycles. The van der Waals surface area contributed by atoms with Crippen LogP contribution >= 0.6 is 0 Å². The zero-order valence-electron chi connectivity index (χ0n) is 21.9. The summed E-state index contributed by atoms with van der Waals surface area (Å²) in [6, 6.07) is 14.8. The molecule has 0 bridgehead atoms. The maximum Gasteiger partial charge on any atom is 0.144 e. The molecular formula is C29H36N6O. The van der Waals surface area contributed by atoms with Crippen LogP contribution in [-0.2, 0) is 7.05 Å². The van der Waals surface area contributed by atoms with E-state index in [-0.39, 0.29) is 5.41 Å². The average Bonchev–Trinajstić information content (AvgIpc) is 3.31. The van der Waals surface area contributed by atoms with Crippen molar-refractivity contribution in [3.63, 3.8) is 0 Å². The second-order valence-corrected chi connectivity index (χ2v) is 10.1. The highest BCUT2D eigenvalue weighted by Crippen LogP contribution is 2.36. The highest BCUT2D eigenvalue weighted by Gasteiger charge is 2.45. The van der Waals surface area contributed by atoms with Crippen molar-refractivity contribution in [2.24, 2.45) is 17.5 Å². The third kappa shape index (κ3) is 5.35. The van der Waals surface area contributed by atoms with Crippen LogP contribution in [0.4, 0.5) is 5.82 Å². The van der Waals surface area contributed by atoms with E-state index in [1.54, 1.807) is 11.7 Å². The van der Waals surface area contributed by atoms with Gasteiger partial charge in [-0.05, 0) is 37.1 Å². The van der Waals surface area contributed by atoms with Gasteiger partial charge < -0.3 is 15.7 Å². The first-order chi connectivity index (χ1) is 17.3. The molecule has 0 aliphatic carbocycles. The van der Waals surface area contributed by atoms with Gasteiger partial charge in [0.15, 0.2) is 0 Å². The number of hydrogen-bond donors (Lipinski definition) is 3. The number of anilines is 1. The Morgan fingerprint density at radius 1 is 1.28 bits per heavy atom. The summed E-state index contributed by atoms with van der Waals surface area (Å²) < 4.78 is 1.79. The van der Waals surface area contributed by atoms with E-state index < -0.39 is 5.60 Å². The molecule has 0 radical (unpaired) electrons. The highest BCUT2D eigenvalue weighted by molar-refractivity contribution is 6.11. The Kier molecular flexibility index (Phi) is 7.58. The summed E-state index contributed by atoms with van der Waals surface area (Å²) in [4.78, 5) is 9.22. The van der Waals surface area contributed by atoms with Crippen molar-refractivity contribution in [3.05, 3.63) is 60.4 Å². The van der Waals surface area contributed by atoms with Crippen LogP contribution in [0.1, 0.15) is 39.2 Å². The Bertz CT molecular complexity index is 1260. The number of benzene rings is 1. The molecule has 36 heavy (non-hydrogen) atoms. The molecule has 1 aliphatic rings. The first-order valence-electron chi connectivity index (χ1n) is 12.5. The quantitative estimate of drug-likeness (QED) is 0.413. The van der Waals surface area contributed by atoms with Gasteiger partial charge in [0.2, 0.25) is 0 Å². The molecule has 1 aliphatic heterocycles. The summed E-state index contributed by atoms with van der Waals surface area (Å²) in [6.07, 6.45) is 9.29. The third-order valence-electron chi connectivity index (χ3n) is 7.01. The zero-order chi connectivity index (χ0) is 25.8. The zero-order valence-corrected chi connectivity index (χ0v) is 21.9. The molecule has 3 heterocycles. The summed E-state index contributed by atoms with van der Waals surface area (Å²) >= 11 is 0. The van der Waals surface area contributed by atoms with Crippen molar-refractivity contribution in [1.29, 1.82) is 0 Å². The van der Waals surface area contributed by atoms with Gasteiger partial charge in [-0.1, -0.05) is 51.1 Å². The largest absolute Gasteiger partial charge is 0.387 e. The standard InChI is InChI=1S/C29H36N6O/c1-6-8-23(16-30-4)25-11-12-26(22-10-7-9-21(15-22)24-17-33-35(5)18-24)34-27(25)32-20-29(36)13-14-31-19-28(29,2)3/h7-10,15-18,31,36H,6,13-14,19-20H2,1-5H3,(H,32,34)/b23-8+,30-16?. The van der Waals surface area contributed by atoms with E-state index in [1.165, 1.54) is 0 Å². The first-order valence-corrected chi connectivity index (χ1v) is 12.5. The number of nitrogens with one attached hydrogen (secondary N) is 2. The molecule has 188 valence electrons. The molecule has 4 rings (SSSR count). The number of aromatic nitrogens is 3. The number of aryl methyl sites for hydroxylation is 1. The van der Waals surface area contributed by atoms with Crippen LogP contribution in [-0.4, -0.2) is 58.4 Å². The molecule has 7 heteroatoms. The molecule has 0 amide bonds. The normalized spacial score (nSPS) is 19.9. The van der Waals surface area contributed by atoms with Crippen molar-refractivity contribution in [3.8, 4) is 22.4 Å². The van der Waals surface area contributed by atoms with E-state index in [9.17, 15) is 5.11 Å². The van der Waals surface area contributed by atoms with Gasteiger partial charge in [-0.3, -0.25) is 9.67 Å². The van der Waals surface area contributed by atoms with E-state index in [2.05, 4.69) is 71.8 Å². The van der Waals surface area contributed by atoms with Crippen molar-refractivity contribution < 1.29 is 5.11 Å². The molecular weight excluding hydrogens is 448 g/mol. The van der Waals surface area contributed by atoms with Gasteiger partial charge >= 0.3 is 0 Å². The number of hydrogen-bond acceptors (Lipinski definition) is 6. The number of nitrogens with zero attached hydrogens (tertiary/aromatic N) is 4. The Morgan fingerprint density at radius 3 is 2.78 bits per heavy atom. The van der Waals surface area contributed by atoms with Crippen LogP contribution in [0, 0.1) is 17.5 Å². The Balaban J connectivity index is 1.73. The van der Waals surface area contributed by atoms with Crippen LogP contribution < -0.4 is 10.6 Å². The number of aliphatic imine (C=N–C) groups is 1. The van der Waals surface area contributed by atoms with Gasteiger partial charge in [0.05, 0.1) is 17.4 Å². The van der Waals surface area contributed by atoms with Crippen LogP contribution in [0.2, 0.25) is 0 Å². The predicted molar refractivity (Wildman–Crippen MR) is 147 cm³/mol. The fourth-order valence-electron chi connectivity index (χ4n) is 4.60. The molecule has 3 N–H and O–H groups in total. The predicted octanol–water partition coefficient (Wildman–Crippen LogP) is 4.41. The lowest BCUT2D eigenvalue weighted by Gasteiger charge is -2.46. The number of aliphatic hydroxyl groups is 1. The molecule has 7 nitrogen and oxygen atoms in total. The summed E-state index contributed by atoms with van der Waals surface area (Å²) in [5, 5.41) is 22.7. The maximum absolute atomic E-state index is 11.6. The third-order valence-corrected chi connectivity index (χ3v) is 7.01. The fraction of sp³-hybridized carbons (Fsp3) is 0.414. The van der Waals surface area contributed by atoms with E-state index in [0.29, 0.717) is 24.5 Å². The lowest BCUT2D eigenvalue weighted by Crippen LogP contribution is -2.59. The van der Waals surface area contributed by atoms with Crippen LogP contribution in [0.25, 0.3) is 28.0 Å². The second kappa shape index (κ2) is 10.7. The van der Waals surface area contributed by atoms with Crippen LogP contribution in [0.3, 0.4) is 0 Å². The Morgan fingerprint density at radius 2 is 2.08 bits per heavy atom. The lowest BCUT2D eigenvalue weighted by molar-refractivity contribution is -0.0764. The summed E-state index contributed by atoms with van der Waals surface area (Å²) in [5.74, 6) is 0.665. The fourth-order valence-corrected chi connectivity index (χ4v) is 4.60. The van der Waals surface area contributed by atoms with Gasteiger partial charge in [0, 0.05) is 61.7 Å². The van der Waals surface area contributed by atoms with Crippen LogP contribution in [0.5, 0.6) is 0 Å². The van der Waals surface area contributed by atoms with E-state index >= 15 is 0 Å². The summed E-state index contributed by atoms with van der Waals surface area (Å²) in [7, 11) is 3.67. The molecule has 0 saturated carbocycles. The van der Waals surface area contributed by atoms with Crippen molar-refractivity contribution >= 4 is 17.6 Å². The van der Waals surface area contributed by atoms with Crippen LogP contribution in [0.15, 0.2) is 47.7 Å². The second-order valence-electron chi connectivity index (χ2n) is 10.1. The summed E-state index contributed by atoms with van der Waals surface area (Å²) in [6.45, 7) is 8.22. The van der Waals surface area contributed by atoms with Crippen molar-refractivity contribution in [2.45, 2.75) is 39.2 Å².